The van der Waals surface area contributed by atoms with E-state index in [1.165, 1.54) is 6.21 Å². The molecule has 0 aliphatic carbocycles. The standard InChI is InChI=1S/C23H23N3O3/c24-12-15-4-3-6-17(8-15)19-9-16(10-21(26)20(19)13-25)14-29-22-7-2-1-5-18(22)11-23(27)28/h1-10,13,25H,11-12,14,24,26H2,(H,27,28). The highest BCUT2D eigenvalue weighted by molar-refractivity contribution is 5.95. The molecular formula is C23H23N3O3. The maximum Gasteiger partial charge on any atom is 0.307 e. The van der Waals surface area contributed by atoms with Crippen molar-refractivity contribution in [1.82, 2.24) is 0 Å². The zero-order chi connectivity index (χ0) is 20.8. The first-order valence-corrected chi connectivity index (χ1v) is 9.16. The van der Waals surface area contributed by atoms with E-state index in [1.807, 2.05) is 30.3 Å². The lowest BCUT2D eigenvalue weighted by molar-refractivity contribution is -0.136. The molecule has 0 saturated heterocycles. The second-order valence-corrected chi connectivity index (χ2v) is 6.66. The Morgan fingerprint density at radius 1 is 1.07 bits per heavy atom. The zero-order valence-corrected chi connectivity index (χ0v) is 15.9. The average molecular weight is 389 g/mol. The fourth-order valence-electron chi connectivity index (χ4n) is 3.20. The summed E-state index contributed by atoms with van der Waals surface area (Å²) in [6.45, 7) is 0.648. The van der Waals surface area contributed by atoms with Gasteiger partial charge in [0.25, 0.3) is 0 Å². The number of carboxylic acids is 1. The first-order valence-electron chi connectivity index (χ1n) is 9.16. The summed E-state index contributed by atoms with van der Waals surface area (Å²) in [6.07, 6.45) is 1.13. The molecule has 0 amide bonds. The number of nitrogens with two attached hydrogens (primary N) is 2. The van der Waals surface area contributed by atoms with E-state index in [-0.39, 0.29) is 13.0 Å². The molecule has 148 valence electrons. The summed E-state index contributed by atoms with van der Waals surface area (Å²) in [5.74, 6) is -0.390. The van der Waals surface area contributed by atoms with Gasteiger partial charge in [-0.3, -0.25) is 4.79 Å². The Morgan fingerprint density at radius 3 is 2.59 bits per heavy atom. The van der Waals surface area contributed by atoms with E-state index in [4.69, 9.17) is 26.7 Å². The number of rotatable bonds is 8. The number of nitrogen functional groups attached to an aromatic ring is 1. The molecule has 3 rings (SSSR count). The van der Waals surface area contributed by atoms with Gasteiger partial charge < -0.3 is 26.7 Å². The molecule has 3 aromatic rings. The van der Waals surface area contributed by atoms with Gasteiger partial charge in [0, 0.05) is 29.6 Å². The Kier molecular flexibility index (Phi) is 6.26. The van der Waals surface area contributed by atoms with Gasteiger partial charge in [0.1, 0.15) is 12.4 Å². The molecule has 3 aromatic carbocycles. The first-order chi connectivity index (χ1) is 14.0. The highest BCUT2D eigenvalue weighted by atomic mass is 16.5. The molecule has 6 nitrogen and oxygen atoms in total. The number of aliphatic carboxylic acids is 1. The van der Waals surface area contributed by atoms with Crippen LogP contribution >= 0.6 is 0 Å². The van der Waals surface area contributed by atoms with Gasteiger partial charge in [0.05, 0.1) is 6.42 Å². The fourth-order valence-corrected chi connectivity index (χ4v) is 3.20. The lowest BCUT2D eigenvalue weighted by Gasteiger charge is -2.15. The second-order valence-electron chi connectivity index (χ2n) is 6.66. The molecule has 6 heteroatoms. The van der Waals surface area contributed by atoms with Crippen LogP contribution in [-0.4, -0.2) is 17.3 Å². The molecule has 0 spiro atoms. The topological polar surface area (TPSA) is 122 Å². The van der Waals surface area contributed by atoms with Gasteiger partial charge in [-0.25, -0.2) is 0 Å². The Hall–Kier alpha value is -3.64. The van der Waals surface area contributed by atoms with Gasteiger partial charge in [-0.05, 0) is 46.5 Å². The smallest absolute Gasteiger partial charge is 0.307 e. The summed E-state index contributed by atoms with van der Waals surface area (Å²) in [4.78, 5) is 11.1. The van der Waals surface area contributed by atoms with Crippen LogP contribution in [0.15, 0.2) is 60.7 Å². The van der Waals surface area contributed by atoms with Gasteiger partial charge in [0.15, 0.2) is 0 Å². The van der Waals surface area contributed by atoms with Crippen LogP contribution < -0.4 is 16.2 Å². The Bertz CT molecular complexity index is 1050. The third-order valence-electron chi connectivity index (χ3n) is 4.60. The maximum atomic E-state index is 11.1. The molecule has 0 bridgehead atoms. The minimum absolute atomic E-state index is 0.109. The van der Waals surface area contributed by atoms with Crippen LogP contribution in [-0.2, 0) is 24.4 Å². The number of para-hydroxylation sites is 1. The third-order valence-corrected chi connectivity index (χ3v) is 4.60. The number of ether oxygens (including phenoxy) is 1. The van der Waals surface area contributed by atoms with E-state index in [9.17, 15) is 4.79 Å². The molecule has 0 atom stereocenters. The van der Waals surface area contributed by atoms with Crippen molar-refractivity contribution in [1.29, 1.82) is 5.41 Å². The van der Waals surface area contributed by atoms with E-state index >= 15 is 0 Å². The van der Waals surface area contributed by atoms with Crippen LogP contribution in [0.2, 0.25) is 0 Å². The van der Waals surface area contributed by atoms with E-state index in [2.05, 4.69) is 0 Å². The number of benzene rings is 3. The predicted octanol–water partition coefficient (Wildman–Crippen LogP) is 3.60. The first kappa shape index (κ1) is 20.1. The van der Waals surface area contributed by atoms with Crippen LogP contribution in [0.25, 0.3) is 11.1 Å². The summed E-state index contributed by atoms with van der Waals surface area (Å²) in [5, 5.41) is 16.8. The van der Waals surface area contributed by atoms with E-state index in [1.54, 1.807) is 30.3 Å². The molecule has 6 N–H and O–H groups in total. The van der Waals surface area contributed by atoms with Crippen LogP contribution in [0.1, 0.15) is 22.3 Å². The highest BCUT2D eigenvalue weighted by Gasteiger charge is 2.12. The number of hydrogen-bond acceptors (Lipinski definition) is 5. The molecule has 0 aliphatic heterocycles. The zero-order valence-electron chi connectivity index (χ0n) is 15.9. The van der Waals surface area contributed by atoms with Crippen molar-refractivity contribution in [3.8, 4) is 16.9 Å². The monoisotopic (exact) mass is 389 g/mol. The van der Waals surface area contributed by atoms with Crippen molar-refractivity contribution in [2.45, 2.75) is 19.6 Å². The molecule has 0 aromatic heterocycles. The third kappa shape index (κ3) is 4.80. The summed E-state index contributed by atoms with van der Waals surface area (Å²) in [5.41, 5.74) is 17.2. The lowest BCUT2D eigenvalue weighted by Crippen LogP contribution is -2.05. The van der Waals surface area contributed by atoms with Crippen LogP contribution in [0.4, 0.5) is 5.69 Å². The van der Waals surface area contributed by atoms with Crippen molar-refractivity contribution < 1.29 is 14.6 Å². The molecule has 0 fully saturated rings. The SMILES string of the molecule is N=Cc1c(N)cc(COc2ccccc2CC(=O)O)cc1-c1cccc(CN)c1. The quantitative estimate of drug-likeness (QED) is 0.346. The normalized spacial score (nSPS) is 10.5. The van der Waals surface area contributed by atoms with Crippen LogP contribution in [0.5, 0.6) is 5.75 Å². The Labute approximate surface area is 169 Å². The molecule has 0 heterocycles. The second kappa shape index (κ2) is 9.03. The maximum absolute atomic E-state index is 11.1. The molecule has 29 heavy (non-hydrogen) atoms. The van der Waals surface area contributed by atoms with Crippen molar-refractivity contribution in [3.05, 3.63) is 82.9 Å². The molecule has 0 radical (unpaired) electrons. The fraction of sp³-hybridized carbons (Fsp3) is 0.130. The Morgan fingerprint density at radius 2 is 1.86 bits per heavy atom. The van der Waals surface area contributed by atoms with Gasteiger partial charge in [-0.1, -0.05) is 36.4 Å². The minimum Gasteiger partial charge on any atom is -0.489 e. The molecule has 0 unspecified atom stereocenters. The summed E-state index contributed by atoms with van der Waals surface area (Å²) in [7, 11) is 0. The highest BCUT2D eigenvalue weighted by Crippen LogP contribution is 2.30. The summed E-state index contributed by atoms with van der Waals surface area (Å²) < 4.78 is 5.89. The summed E-state index contributed by atoms with van der Waals surface area (Å²) >= 11 is 0. The average Bonchev–Trinajstić information content (AvgIpc) is 2.72. The van der Waals surface area contributed by atoms with Gasteiger partial charge in [-0.15, -0.1) is 0 Å². The van der Waals surface area contributed by atoms with Crippen molar-refractivity contribution >= 4 is 17.9 Å². The Balaban J connectivity index is 1.93. The largest absolute Gasteiger partial charge is 0.489 e. The predicted molar refractivity (Wildman–Crippen MR) is 114 cm³/mol. The van der Waals surface area contributed by atoms with Crippen molar-refractivity contribution in [2.24, 2.45) is 5.73 Å². The minimum atomic E-state index is -0.914. The van der Waals surface area contributed by atoms with Gasteiger partial charge in [-0.2, -0.15) is 0 Å². The van der Waals surface area contributed by atoms with E-state index < -0.39 is 5.97 Å². The van der Waals surface area contributed by atoms with Gasteiger partial charge >= 0.3 is 5.97 Å². The number of carboxylic acid groups (broad SMARTS) is 1. The van der Waals surface area contributed by atoms with E-state index in [0.717, 1.165) is 22.3 Å². The van der Waals surface area contributed by atoms with Crippen LogP contribution in [0, 0.1) is 5.41 Å². The van der Waals surface area contributed by atoms with E-state index in [0.29, 0.717) is 29.1 Å². The molecular weight excluding hydrogens is 366 g/mol. The van der Waals surface area contributed by atoms with Crippen LogP contribution in [0.3, 0.4) is 0 Å². The summed E-state index contributed by atoms with van der Waals surface area (Å²) in [6, 6.07) is 18.6. The number of hydrogen-bond donors (Lipinski definition) is 4. The lowest BCUT2D eigenvalue weighted by atomic mass is 9.95. The number of nitrogens with one attached hydrogen (secondary N) is 1. The van der Waals surface area contributed by atoms with Crippen molar-refractivity contribution in [2.75, 3.05) is 5.73 Å². The van der Waals surface area contributed by atoms with Crippen molar-refractivity contribution in [3.63, 3.8) is 0 Å². The molecule has 0 aliphatic rings. The molecule has 0 saturated carbocycles. The number of anilines is 1. The number of carbonyl (C=O) groups is 1. The van der Waals surface area contributed by atoms with Gasteiger partial charge in [0.2, 0.25) is 0 Å².